The van der Waals surface area contributed by atoms with Crippen molar-refractivity contribution in [2.45, 2.75) is 65.0 Å². The molecule has 0 N–H and O–H groups in total. The van der Waals surface area contributed by atoms with Crippen molar-refractivity contribution in [3.8, 4) is 5.88 Å². The van der Waals surface area contributed by atoms with Crippen LogP contribution in [-0.2, 0) is 12.8 Å². The maximum Gasteiger partial charge on any atom is 0.234 e. The topological polar surface area (TPSA) is 56.1 Å². The Balaban J connectivity index is 1.53. The molecule has 2 aromatic rings. The Labute approximate surface area is 149 Å². The van der Waals surface area contributed by atoms with Crippen molar-refractivity contribution in [2.75, 3.05) is 18.0 Å². The predicted molar refractivity (Wildman–Crippen MR) is 97.3 cm³/mol. The number of hydrogen-bond acceptors (Lipinski definition) is 5. The van der Waals surface area contributed by atoms with Crippen molar-refractivity contribution in [3.63, 3.8) is 0 Å². The summed E-state index contributed by atoms with van der Waals surface area (Å²) < 4.78 is 8.19. The third kappa shape index (κ3) is 3.22. The lowest BCUT2D eigenvalue weighted by Crippen LogP contribution is -2.23. The van der Waals surface area contributed by atoms with Gasteiger partial charge >= 0.3 is 0 Å². The SMILES string of the molecule is Cc1nc2c(n1C1CCN(c3cncc(OC(C)C)n3)C1)CCCC2. The second-order valence-corrected chi connectivity index (χ2v) is 7.40. The normalized spacial score (nSPS) is 20.2. The number of anilines is 1. The van der Waals surface area contributed by atoms with Crippen LogP contribution in [0.5, 0.6) is 5.88 Å². The van der Waals surface area contributed by atoms with E-state index in [4.69, 9.17) is 9.72 Å². The zero-order valence-electron chi connectivity index (χ0n) is 15.4. The third-order valence-electron chi connectivity index (χ3n) is 5.16. The van der Waals surface area contributed by atoms with Crippen molar-refractivity contribution in [3.05, 3.63) is 29.6 Å². The van der Waals surface area contributed by atoms with Gasteiger partial charge in [-0.25, -0.2) is 4.98 Å². The van der Waals surface area contributed by atoms with Crippen LogP contribution < -0.4 is 9.64 Å². The minimum atomic E-state index is 0.107. The fourth-order valence-corrected chi connectivity index (χ4v) is 4.13. The molecular weight excluding hydrogens is 314 g/mol. The fourth-order valence-electron chi connectivity index (χ4n) is 4.13. The molecule has 0 aromatic carbocycles. The first-order valence-electron chi connectivity index (χ1n) is 9.42. The first-order chi connectivity index (χ1) is 12.1. The molecule has 0 bridgehead atoms. The van der Waals surface area contributed by atoms with Gasteiger partial charge in [-0.15, -0.1) is 0 Å². The quantitative estimate of drug-likeness (QED) is 0.855. The zero-order chi connectivity index (χ0) is 17.4. The number of hydrogen-bond donors (Lipinski definition) is 0. The molecule has 0 radical (unpaired) electrons. The second-order valence-electron chi connectivity index (χ2n) is 7.40. The monoisotopic (exact) mass is 341 g/mol. The van der Waals surface area contributed by atoms with E-state index in [0.29, 0.717) is 11.9 Å². The summed E-state index contributed by atoms with van der Waals surface area (Å²) in [5.41, 5.74) is 2.80. The van der Waals surface area contributed by atoms with Gasteiger partial charge < -0.3 is 14.2 Å². The molecular formula is C19H27N5O. The Morgan fingerprint density at radius 2 is 2.00 bits per heavy atom. The van der Waals surface area contributed by atoms with E-state index in [9.17, 15) is 0 Å². The summed E-state index contributed by atoms with van der Waals surface area (Å²) in [7, 11) is 0. The van der Waals surface area contributed by atoms with E-state index in [1.807, 2.05) is 20.0 Å². The summed E-state index contributed by atoms with van der Waals surface area (Å²) in [6, 6.07) is 0.478. The molecule has 1 saturated heterocycles. The van der Waals surface area contributed by atoms with E-state index >= 15 is 0 Å². The highest BCUT2D eigenvalue weighted by Crippen LogP contribution is 2.32. The minimum Gasteiger partial charge on any atom is -0.474 e. The lowest BCUT2D eigenvalue weighted by molar-refractivity contribution is 0.231. The number of rotatable bonds is 4. The van der Waals surface area contributed by atoms with Gasteiger partial charge in [0.15, 0.2) is 5.82 Å². The Bertz CT molecular complexity index is 754. The van der Waals surface area contributed by atoms with E-state index in [1.165, 1.54) is 36.5 Å². The predicted octanol–water partition coefficient (Wildman–Crippen LogP) is 3.10. The molecule has 0 saturated carbocycles. The summed E-state index contributed by atoms with van der Waals surface area (Å²) in [6.07, 6.45) is 9.63. The van der Waals surface area contributed by atoms with E-state index in [1.54, 1.807) is 6.20 Å². The van der Waals surface area contributed by atoms with Crippen molar-refractivity contribution in [1.82, 2.24) is 19.5 Å². The molecule has 25 heavy (non-hydrogen) atoms. The molecule has 1 unspecified atom stereocenters. The van der Waals surface area contributed by atoms with Gasteiger partial charge in [0.05, 0.1) is 30.2 Å². The van der Waals surface area contributed by atoms with E-state index < -0.39 is 0 Å². The van der Waals surface area contributed by atoms with Crippen LogP contribution >= 0.6 is 0 Å². The van der Waals surface area contributed by atoms with Crippen LogP contribution in [-0.4, -0.2) is 38.7 Å². The van der Waals surface area contributed by atoms with Crippen LogP contribution in [0.2, 0.25) is 0 Å². The molecule has 1 aliphatic heterocycles. The van der Waals surface area contributed by atoms with Gasteiger partial charge in [-0.3, -0.25) is 4.98 Å². The number of imidazole rings is 1. The summed E-state index contributed by atoms with van der Waals surface area (Å²) >= 11 is 0. The van der Waals surface area contributed by atoms with Gasteiger partial charge in [-0.05, 0) is 52.9 Å². The molecule has 0 spiro atoms. The van der Waals surface area contributed by atoms with Crippen molar-refractivity contribution in [2.24, 2.45) is 0 Å². The zero-order valence-corrected chi connectivity index (χ0v) is 15.4. The minimum absolute atomic E-state index is 0.107. The number of fused-ring (bicyclic) bond motifs is 1. The maximum absolute atomic E-state index is 5.69. The third-order valence-corrected chi connectivity index (χ3v) is 5.16. The molecule has 1 atom stereocenters. The first-order valence-corrected chi connectivity index (χ1v) is 9.42. The first kappa shape index (κ1) is 16.4. The van der Waals surface area contributed by atoms with Crippen molar-refractivity contribution < 1.29 is 4.74 Å². The molecule has 6 heteroatoms. The number of nitrogens with zero attached hydrogens (tertiary/aromatic N) is 5. The van der Waals surface area contributed by atoms with Gasteiger partial charge in [0, 0.05) is 18.8 Å². The van der Waals surface area contributed by atoms with Gasteiger partial charge in [0.25, 0.3) is 0 Å². The van der Waals surface area contributed by atoms with Gasteiger partial charge in [-0.2, -0.15) is 4.98 Å². The Hall–Kier alpha value is -2.11. The average molecular weight is 341 g/mol. The van der Waals surface area contributed by atoms with Crippen LogP contribution in [0, 0.1) is 6.92 Å². The van der Waals surface area contributed by atoms with Crippen molar-refractivity contribution in [1.29, 1.82) is 0 Å². The van der Waals surface area contributed by atoms with E-state index in [-0.39, 0.29) is 6.10 Å². The van der Waals surface area contributed by atoms with Crippen molar-refractivity contribution >= 4 is 5.82 Å². The van der Waals surface area contributed by atoms with Crippen LogP contribution in [0.1, 0.15) is 56.4 Å². The lowest BCUT2D eigenvalue weighted by atomic mass is 10.0. The Morgan fingerprint density at radius 3 is 2.84 bits per heavy atom. The van der Waals surface area contributed by atoms with Gasteiger partial charge in [0.1, 0.15) is 5.82 Å². The Kier molecular flexibility index (Phi) is 4.36. The Morgan fingerprint density at radius 1 is 1.16 bits per heavy atom. The van der Waals surface area contributed by atoms with Crippen LogP contribution in [0.15, 0.2) is 12.4 Å². The fraction of sp³-hybridized carbons (Fsp3) is 0.632. The largest absolute Gasteiger partial charge is 0.474 e. The summed E-state index contributed by atoms with van der Waals surface area (Å²) in [6.45, 7) is 8.12. The molecule has 0 amide bonds. The molecule has 6 nitrogen and oxygen atoms in total. The lowest BCUT2D eigenvalue weighted by Gasteiger charge is -2.22. The maximum atomic E-state index is 5.69. The highest BCUT2D eigenvalue weighted by Gasteiger charge is 2.30. The van der Waals surface area contributed by atoms with Gasteiger partial charge in [0.2, 0.25) is 5.88 Å². The molecule has 2 aliphatic rings. The highest BCUT2D eigenvalue weighted by molar-refractivity contribution is 5.39. The highest BCUT2D eigenvalue weighted by atomic mass is 16.5. The average Bonchev–Trinajstić information content (AvgIpc) is 3.17. The van der Waals surface area contributed by atoms with Crippen LogP contribution in [0.25, 0.3) is 0 Å². The van der Waals surface area contributed by atoms with E-state index in [2.05, 4.69) is 26.4 Å². The summed E-state index contributed by atoms with van der Waals surface area (Å²) in [4.78, 5) is 16.1. The molecule has 4 rings (SSSR count). The summed E-state index contributed by atoms with van der Waals surface area (Å²) in [5.74, 6) is 2.68. The smallest absolute Gasteiger partial charge is 0.234 e. The molecule has 134 valence electrons. The summed E-state index contributed by atoms with van der Waals surface area (Å²) in [5, 5.41) is 0. The number of ether oxygens (including phenoxy) is 1. The molecule has 1 aliphatic carbocycles. The second kappa shape index (κ2) is 6.65. The van der Waals surface area contributed by atoms with Crippen LogP contribution in [0.4, 0.5) is 5.82 Å². The molecule has 1 fully saturated rings. The molecule has 2 aromatic heterocycles. The number of aromatic nitrogens is 4. The molecule has 3 heterocycles. The standard InChI is InChI=1S/C19H27N5O/c1-13(2)25-19-11-20-10-18(22-19)23-9-8-15(12-23)24-14(3)21-16-6-4-5-7-17(16)24/h10-11,13,15H,4-9,12H2,1-3H3. The van der Waals surface area contributed by atoms with E-state index in [0.717, 1.165) is 31.7 Å². The van der Waals surface area contributed by atoms with Gasteiger partial charge in [-0.1, -0.05) is 0 Å². The van der Waals surface area contributed by atoms with Crippen LogP contribution in [0.3, 0.4) is 0 Å². The number of aryl methyl sites for hydroxylation is 2.